The van der Waals surface area contributed by atoms with Crippen LogP contribution in [0, 0.1) is 5.92 Å². The van der Waals surface area contributed by atoms with E-state index in [1.54, 1.807) is 11.9 Å². The van der Waals surface area contributed by atoms with Gasteiger partial charge in [0, 0.05) is 20.1 Å². The highest BCUT2D eigenvalue weighted by Crippen LogP contribution is 2.24. The van der Waals surface area contributed by atoms with Crippen molar-refractivity contribution in [3.63, 3.8) is 0 Å². The normalized spacial score (nSPS) is 23.2. The highest BCUT2D eigenvalue weighted by atomic mass is 16.4. The fourth-order valence-corrected chi connectivity index (χ4v) is 2.59. The molecular formula is C13H25N3O3. The van der Waals surface area contributed by atoms with Crippen molar-refractivity contribution in [3.05, 3.63) is 0 Å². The zero-order chi connectivity index (χ0) is 14.4. The summed E-state index contributed by atoms with van der Waals surface area (Å²) in [5.41, 5.74) is 0. The molecule has 6 heteroatoms. The number of carboxylic acids is 1. The van der Waals surface area contributed by atoms with Crippen LogP contribution in [0.15, 0.2) is 0 Å². The molecule has 6 nitrogen and oxygen atoms in total. The summed E-state index contributed by atoms with van der Waals surface area (Å²) in [6.45, 7) is 3.92. The number of carbonyl (C=O) groups is 2. The summed E-state index contributed by atoms with van der Waals surface area (Å²) in [5.74, 6) is -0.884. The molecule has 1 rings (SSSR count). The van der Waals surface area contributed by atoms with Crippen LogP contribution >= 0.6 is 0 Å². The zero-order valence-electron chi connectivity index (χ0n) is 12.1. The first kappa shape index (κ1) is 15.8. The molecular weight excluding hydrogens is 246 g/mol. The second-order valence-electron chi connectivity index (χ2n) is 5.26. The molecule has 1 fully saturated rings. The van der Waals surface area contributed by atoms with Crippen molar-refractivity contribution in [2.24, 2.45) is 5.92 Å². The predicted octanol–water partition coefficient (Wildman–Crippen LogP) is 0.833. The third-order valence-corrected chi connectivity index (χ3v) is 3.68. The standard InChI is InChI=1S/C13H25N3O3/c1-10-6-4-9-16(11(10)12(17)18)13(19)15(3)8-5-7-14-2/h10-11,14H,4-9H2,1-3H3,(H,17,18). The van der Waals surface area contributed by atoms with Gasteiger partial charge in [-0.05, 0) is 38.8 Å². The minimum absolute atomic E-state index is 0.0147. The molecule has 0 spiro atoms. The van der Waals surface area contributed by atoms with Crippen molar-refractivity contribution < 1.29 is 14.7 Å². The van der Waals surface area contributed by atoms with E-state index in [1.807, 2.05) is 14.0 Å². The van der Waals surface area contributed by atoms with Crippen molar-refractivity contribution in [2.75, 3.05) is 33.7 Å². The van der Waals surface area contributed by atoms with Gasteiger partial charge in [0.25, 0.3) is 0 Å². The number of hydrogen-bond donors (Lipinski definition) is 2. The number of rotatable bonds is 5. The Kier molecular flexibility index (Phi) is 6.08. The smallest absolute Gasteiger partial charge is 0.326 e. The maximum atomic E-state index is 12.3. The molecule has 1 aliphatic heterocycles. The third kappa shape index (κ3) is 4.09. The van der Waals surface area contributed by atoms with Crippen molar-refractivity contribution in [2.45, 2.75) is 32.2 Å². The van der Waals surface area contributed by atoms with Gasteiger partial charge in [0.05, 0.1) is 0 Å². The van der Waals surface area contributed by atoms with Crippen LogP contribution < -0.4 is 5.32 Å². The first-order valence-corrected chi connectivity index (χ1v) is 6.88. The van der Waals surface area contributed by atoms with Crippen molar-refractivity contribution in [1.82, 2.24) is 15.1 Å². The highest BCUT2D eigenvalue weighted by molar-refractivity contribution is 5.83. The molecule has 1 saturated heterocycles. The Morgan fingerprint density at radius 1 is 1.47 bits per heavy atom. The van der Waals surface area contributed by atoms with E-state index in [0.717, 1.165) is 25.8 Å². The van der Waals surface area contributed by atoms with Crippen molar-refractivity contribution in [3.8, 4) is 0 Å². The van der Waals surface area contributed by atoms with E-state index in [9.17, 15) is 14.7 Å². The molecule has 0 radical (unpaired) electrons. The summed E-state index contributed by atoms with van der Waals surface area (Å²) in [4.78, 5) is 26.8. The van der Waals surface area contributed by atoms with E-state index in [2.05, 4.69) is 5.32 Å². The maximum Gasteiger partial charge on any atom is 0.326 e. The number of likely N-dealkylation sites (tertiary alicyclic amines) is 1. The molecule has 2 atom stereocenters. The van der Waals surface area contributed by atoms with Crippen LogP contribution in [0.5, 0.6) is 0 Å². The Morgan fingerprint density at radius 3 is 2.74 bits per heavy atom. The molecule has 2 amide bonds. The van der Waals surface area contributed by atoms with Crippen molar-refractivity contribution >= 4 is 12.0 Å². The SMILES string of the molecule is CNCCCN(C)C(=O)N1CCCC(C)C1C(=O)O. The minimum atomic E-state index is -0.899. The van der Waals surface area contributed by atoms with Crippen LogP contribution in [0.3, 0.4) is 0 Å². The number of hydrogen-bond acceptors (Lipinski definition) is 3. The number of nitrogens with zero attached hydrogens (tertiary/aromatic N) is 2. The summed E-state index contributed by atoms with van der Waals surface area (Å²) in [6.07, 6.45) is 2.60. The summed E-state index contributed by atoms with van der Waals surface area (Å²) in [5, 5.41) is 12.3. The molecule has 0 aromatic heterocycles. The van der Waals surface area contributed by atoms with Gasteiger partial charge in [-0.3, -0.25) is 0 Å². The average Bonchev–Trinajstić information content (AvgIpc) is 2.37. The molecule has 1 heterocycles. The molecule has 0 aliphatic carbocycles. The Hall–Kier alpha value is -1.30. The van der Waals surface area contributed by atoms with Crippen LogP contribution in [0.1, 0.15) is 26.2 Å². The molecule has 1 aliphatic rings. The fourth-order valence-electron chi connectivity index (χ4n) is 2.59. The van der Waals surface area contributed by atoms with E-state index < -0.39 is 12.0 Å². The number of carboxylic acid groups (broad SMARTS) is 1. The van der Waals surface area contributed by atoms with Gasteiger partial charge in [-0.2, -0.15) is 0 Å². The molecule has 2 unspecified atom stereocenters. The lowest BCUT2D eigenvalue weighted by Gasteiger charge is -2.39. The first-order valence-electron chi connectivity index (χ1n) is 6.88. The van der Waals surface area contributed by atoms with Gasteiger partial charge in [-0.15, -0.1) is 0 Å². The van der Waals surface area contributed by atoms with Crippen molar-refractivity contribution in [1.29, 1.82) is 0 Å². The van der Waals surface area contributed by atoms with E-state index in [1.165, 1.54) is 4.90 Å². The molecule has 0 saturated carbocycles. The van der Waals surface area contributed by atoms with Gasteiger partial charge in [0.1, 0.15) is 6.04 Å². The second-order valence-corrected chi connectivity index (χ2v) is 5.26. The number of amides is 2. The molecule has 0 aromatic carbocycles. The van der Waals surface area contributed by atoms with Gasteiger partial charge in [-0.1, -0.05) is 6.92 Å². The monoisotopic (exact) mass is 271 g/mol. The number of aliphatic carboxylic acids is 1. The molecule has 19 heavy (non-hydrogen) atoms. The number of nitrogens with one attached hydrogen (secondary N) is 1. The summed E-state index contributed by atoms with van der Waals surface area (Å²) < 4.78 is 0. The second kappa shape index (κ2) is 7.33. The Balaban J connectivity index is 2.64. The number of piperidine rings is 1. The largest absolute Gasteiger partial charge is 0.480 e. The summed E-state index contributed by atoms with van der Waals surface area (Å²) >= 11 is 0. The zero-order valence-corrected chi connectivity index (χ0v) is 12.1. The Labute approximate surface area is 114 Å². The maximum absolute atomic E-state index is 12.3. The lowest BCUT2D eigenvalue weighted by Crippen LogP contribution is -2.55. The van der Waals surface area contributed by atoms with Crippen LogP contribution in [-0.4, -0.2) is 66.7 Å². The summed E-state index contributed by atoms with van der Waals surface area (Å²) in [6, 6.07) is -0.858. The minimum Gasteiger partial charge on any atom is -0.480 e. The number of urea groups is 1. The lowest BCUT2D eigenvalue weighted by molar-refractivity contribution is -0.145. The quantitative estimate of drug-likeness (QED) is 0.727. The van der Waals surface area contributed by atoms with Gasteiger partial charge >= 0.3 is 12.0 Å². The number of carbonyl (C=O) groups excluding carboxylic acids is 1. The van der Waals surface area contributed by atoms with Crippen LogP contribution in [0.2, 0.25) is 0 Å². The van der Waals surface area contributed by atoms with Gasteiger partial charge in [0.2, 0.25) is 0 Å². The fraction of sp³-hybridized carbons (Fsp3) is 0.846. The average molecular weight is 271 g/mol. The molecule has 2 N–H and O–H groups in total. The van der Waals surface area contributed by atoms with Gasteiger partial charge < -0.3 is 20.2 Å². The van der Waals surface area contributed by atoms with E-state index in [-0.39, 0.29) is 11.9 Å². The Morgan fingerprint density at radius 2 is 2.16 bits per heavy atom. The van der Waals surface area contributed by atoms with Gasteiger partial charge in [-0.25, -0.2) is 9.59 Å². The summed E-state index contributed by atoms with van der Waals surface area (Å²) in [7, 11) is 3.60. The van der Waals surface area contributed by atoms with Crippen LogP contribution in [-0.2, 0) is 4.79 Å². The molecule has 0 bridgehead atoms. The highest BCUT2D eigenvalue weighted by Gasteiger charge is 2.37. The van der Waals surface area contributed by atoms with E-state index in [0.29, 0.717) is 13.1 Å². The molecule has 0 aromatic rings. The van der Waals surface area contributed by atoms with Gasteiger partial charge in [0.15, 0.2) is 0 Å². The molecule has 110 valence electrons. The lowest BCUT2D eigenvalue weighted by atomic mass is 9.91. The van der Waals surface area contributed by atoms with E-state index >= 15 is 0 Å². The van der Waals surface area contributed by atoms with Crippen LogP contribution in [0.4, 0.5) is 4.79 Å². The van der Waals surface area contributed by atoms with Crippen LogP contribution in [0.25, 0.3) is 0 Å². The predicted molar refractivity (Wildman–Crippen MR) is 73.1 cm³/mol. The topological polar surface area (TPSA) is 72.9 Å². The van der Waals surface area contributed by atoms with E-state index in [4.69, 9.17) is 0 Å². The first-order chi connectivity index (χ1) is 8.99. The Bertz CT molecular complexity index is 322. The third-order valence-electron chi connectivity index (χ3n) is 3.68.